The molecule has 0 amide bonds. The smallest absolute Gasteiger partial charge is 0.129 e. The normalized spacial score (nSPS) is 15.9. The maximum Gasteiger partial charge on any atom is 0.129 e. The molecule has 48 heavy (non-hydrogen) atoms. The molecule has 4 aromatic carbocycles. The number of nitrogens with zero attached hydrogens (tertiary/aromatic N) is 3. The number of hydrogen-bond acceptors (Lipinski definition) is 4. The van der Waals surface area contributed by atoms with Crippen molar-refractivity contribution < 1.29 is 39.6 Å². The molecular weight excluding hydrogens is 767 g/mol. The van der Waals surface area contributed by atoms with Gasteiger partial charge in [0.25, 0.3) is 0 Å². The van der Waals surface area contributed by atoms with Crippen LogP contribution in [0.3, 0.4) is 0 Å². The molecule has 4 heterocycles. The fourth-order valence-corrected chi connectivity index (χ4v) is 5.61. The molecule has 8 aromatic rings. The summed E-state index contributed by atoms with van der Waals surface area (Å²) in [5, 5.41) is 3.87. The fraction of sp³-hybridized carbons (Fsp3) is 0.186. The summed E-state index contributed by atoms with van der Waals surface area (Å²) >= 11 is 0. The molecule has 8 rings (SSSR count). The largest absolute Gasteiger partial charge is 0.500 e. The van der Waals surface area contributed by atoms with Crippen molar-refractivity contribution in [2.75, 3.05) is 0 Å². The van der Waals surface area contributed by atoms with Crippen LogP contribution in [-0.4, -0.2) is 15.0 Å². The molecule has 0 unspecified atom stereocenters. The Morgan fingerprint density at radius 1 is 0.750 bits per heavy atom. The minimum Gasteiger partial charge on any atom is -0.500 e. The van der Waals surface area contributed by atoms with Gasteiger partial charge in [-0.25, -0.2) is 0 Å². The molecule has 0 N–H and O–H groups in total. The Morgan fingerprint density at radius 3 is 2.31 bits per heavy atom. The molecule has 5 heteroatoms. The van der Waals surface area contributed by atoms with Crippen LogP contribution in [0.25, 0.3) is 66.1 Å². The van der Waals surface area contributed by atoms with E-state index < -0.39 is 32.3 Å². The molecule has 0 bridgehead atoms. The standard InChI is InChI=1S/C27H19N2O.C16H18N.Ir/c1-15-13-24(28-14-16(15)2)22-6-4-5-19-20-11-8-18-9-12-23-21(10-7-17(3)29-23)25(18)27(20)30-26(19)22;1-16(2,3)11-13-9-10-15(17-12-13)14-7-5-4-6-8-14;/h4-5,7-14H,1-3H3;4-7,9-10,12H,11H2,1-3H3;/q2*-1;/i1D3,2D3,3D3;11D2;. The predicted molar refractivity (Wildman–Crippen MR) is 194 cm³/mol. The molecule has 0 aliphatic rings. The molecule has 0 atom stereocenters. The van der Waals surface area contributed by atoms with E-state index in [1.54, 1.807) is 24.4 Å². The van der Waals surface area contributed by atoms with Gasteiger partial charge in [-0.2, -0.15) is 0 Å². The molecule has 4 nitrogen and oxygen atoms in total. The van der Waals surface area contributed by atoms with Gasteiger partial charge < -0.3 is 14.4 Å². The summed E-state index contributed by atoms with van der Waals surface area (Å²) in [6.07, 6.45) is 1.30. The predicted octanol–water partition coefficient (Wildman–Crippen LogP) is 11.2. The zero-order valence-electron chi connectivity index (χ0n) is 37.4. The van der Waals surface area contributed by atoms with E-state index in [2.05, 4.69) is 27.1 Å². The number of rotatable bonds is 3. The Kier molecular flexibility index (Phi) is 6.16. The Balaban J connectivity index is 0.000000247. The summed E-state index contributed by atoms with van der Waals surface area (Å²) in [5.41, 5.74) is 3.33. The molecule has 0 aliphatic carbocycles. The molecule has 4 aromatic heterocycles. The topological polar surface area (TPSA) is 51.8 Å². The van der Waals surface area contributed by atoms with Gasteiger partial charge in [0.1, 0.15) is 5.58 Å². The zero-order valence-corrected chi connectivity index (χ0v) is 28.8. The minimum atomic E-state index is -2.67. The van der Waals surface area contributed by atoms with E-state index >= 15 is 0 Å². The molecule has 0 saturated carbocycles. The first-order valence-electron chi connectivity index (χ1n) is 20.6. The van der Waals surface area contributed by atoms with Crippen LogP contribution in [-0.2, 0) is 26.5 Å². The van der Waals surface area contributed by atoms with Crippen LogP contribution in [0.2, 0.25) is 0 Å². The van der Waals surface area contributed by atoms with Crippen molar-refractivity contribution in [3.63, 3.8) is 0 Å². The first kappa shape index (κ1) is 22.0. The number of aromatic nitrogens is 3. The molecule has 0 saturated heterocycles. The molecule has 0 aliphatic heterocycles. The van der Waals surface area contributed by atoms with E-state index in [9.17, 15) is 0 Å². The quantitative estimate of drug-likeness (QED) is 0.132. The third kappa shape index (κ3) is 6.67. The van der Waals surface area contributed by atoms with Crippen molar-refractivity contribution >= 4 is 43.6 Å². The van der Waals surface area contributed by atoms with Crippen LogP contribution in [0.5, 0.6) is 0 Å². The molecule has 241 valence electrons. The first-order valence-corrected chi connectivity index (χ1v) is 15.1. The van der Waals surface area contributed by atoms with Crippen molar-refractivity contribution in [1.82, 2.24) is 15.0 Å². The first-order chi connectivity index (χ1) is 27.1. The zero-order chi connectivity index (χ0) is 42.0. The van der Waals surface area contributed by atoms with Crippen LogP contribution in [0.1, 0.15) is 58.2 Å². The Labute approximate surface area is 311 Å². The van der Waals surface area contributed by atoms with Crippen molar-refractivity contribution in [3.05, 3.63) is 138 Å². The van der Waals surface area contributed by atoms with Gasteiger partial charge >= 0.3 is 0 Å². The molecule has 0 spiro atoms. The number of aryl methyl sites for hydroxylation is 3. The van der Waals surface area contributed by atoms with Crippen molar-refractivity contribution in [2.45, 2.75) is 47.7 Å². The molecule has 0 fully saturated rings. The van der Waals surface area contributed by atoms with Gasteiger partial charge in [-0.1, -0.05) is 79.7 Å². The van der Waals surface area contributed by atoms with Crippen LogP contribution in [0, 0.1) is 38.1 Å². The van der Waals surface area contributed by atoms with Gasteiger partial charge in [0.15, 0.2) is 0 Å². The van der Waals surface area contributed by atoms with Gasteiger partial charge in [-0.3, -0.25) is 4.98 Å². The average molecular weight is 815 g/mol. The van der Waals surface area contributed by atoms with Crippen LogP contribution in [0.4, 0.5) is 0 Å². The van der Waals surface area contributed by atoms with E-state index in [1.165, 1.54) is 12.1 Å². The van der Waals surface area contributed by atoms with E-state index in [-0.39, 0.29) is 42.6 Å². The van der Waals surface area contributed by atoms with Gasteiger partial charge in [-0.15, -0.1) is 54.1 Å². The maximum absolute atomic E-state index is 8.21. The van der Waals surface area contributed by atoms with Crippen molar-refractivity contribution in [1.29, 1.82) is 0 Å². The Bertz CT molecular complexity index is 2810. The summed E-state index contributed by atoms with van der Waals surface area (Å²) in [4.78, 5) is 13.0. The summed E-state index contributed by atoms with van der Waals surface area (Å²) in [6.45, 7) is -1.96. The average Bonchev–Trinajstić information content (AvgIpc) is 3.56. The van der Waals surface area contributed by atoms with E-state index in [0.29, 0.717) is 27.8 Å². The Morgan fingerprint density at radius 2 is 1.56 bits per heavy atom. The number of hydrogen-bond donors (Lipinski definition) is 0. The van der Waals surface area contributed by atoms with Crippen molar-refractivity contribution in [3.8, 4) is 22.5 Å². The second kappa shape index (κ2) is 13.4. The van der Waals surface area contributed by atoms with E-state index in [4.69, 9.17) is 19.5 Å². The monoisotopic (exact) mass is 815 g/mol. The molecule has 1 radical (unpaired) electrons. The number of benzene rings is 4. The van der Waals surface area contributed by atoms with E-state index in [0.717, 1.165) is 44.4 Å². The second-order valence-corrected chi connectivity index (χ2v) is 12.3. The minimum absolute atomic E-state index is 0. The van der Waals surface area contributed by atoms with Gasteiger partial charge in [0.2, 0.25) is 0 Å². The van der Waals surface area contributed by atoms with Crippen molar-refractivity contribution in [2.24, 2.45) is 5.41 Å². The second-order valence-electron chi connectivity index (χ2n) is 12.3. The number of furan rings is 1. The molecular formula is C43H37IrN3O-2. The summed E-state index contributed by atoms with van der Waals surface area (Å²) in [6, 6.07) is 33.0. The Hall–Kier alpha value is -4.70. The third-order valence-electron chi connectivity index (χ3n) is 7.68. The number of fused-ring (bicyclic) bond motifs is 7. The van der Waals surface area contributed by atoms with Gasteiger partial charge in [0, 0.05) is 69.4 Å². The van der Waals surface area contributed by atoms with Crippen LogP contribution >= 0.6 is 0 Å². The summed E-state index contributed by atoms with van der Waals surface area (Å²) in [5.74, 6) is 0. The van der Waals surface area contributed by atoms with E-state index in [1.807, 2.05) is 81.4 Å². The summed E-state index contributed by atoms with van der Waals surface area (Å²) < 4.78 is 92.9. The maximum atomic E-state index is 8.21. The van der Waals surface area contributed by atoms with Crippen LogP contribution < -0.4 is 0 Å². The van der Waals surface area contributed by atoms with Gasteiger partial charge in [-0.05, 0) is 72.4 Å². The van der Waals surface area contributed by atoms with Gasteiger partial charge in [0.05, 0.1) is 11.1 Å². The number of pyridine rings is 3. The fourth-order valence-electron chi connectivity index (χ4n) is 5.61. The third-order valence-corrected chi connectivity index (χ3v) is 7.68. The van der Waals surface area contributed by atoms with Crippen LogP contribution in [0.15, 0.2) is 108 Å². The summed E-state index contributed by atoms with van der Waals surface area (Å²) in [7, 11) is 0. The SMILES string of the molecule is [2H]C([2H])([2H])c1ccc2c(ccc3ccc4c5cc[c-]c(-c6cc(C([2H])([2H])[2H])c(C([2H])([2H])[2H])cn6)c5oc4c32)n1.[2H]C([2H])(c1ccc(-c2[c-]cccc2)nc1)C(C)(C)C.[Ir].